The van der Waals surface area contributed by atoms with Gasteiger partial charge in [0.1, 0.15) is 11.6 Å². The number of aliphatic hydroxyl groups excluding tert-OH is 1. The van der Waals surface area contributed by atoms with Gasteiger partial charge in [-0.15, -0.1) is 0 Å². The van der Waals surface area contributed by atoms with E-state index in [0.29, 0.717) is 12.6 Å². The molecule has 1 heterocycles. The molecule has 1 saturated heterocycles. The van der Waals surface area contributed by atoms with Crippen molar-refractivity contribution in [2.75, 3.05) is 26.8 Å². The number of halogens is 2. The molecule has 1 aromatic rings. The molecular formula is C20H23F2N5O5. The number of hydrogen-bond donors (Lipinski definition) is 3. The van der Waals surface area contributed by atoms with Crippen LogP contribution in [-0.4, -0.2) is 70.8 Å². The van der Waals surface area contributed by atoms with E-state index >= 15 is 0 Å². The minimum atomic E-state index is -0.849. The van der Waals surface area contributed by atoms with Crippen molar-refractivity contribution in [1.29, 1.82) is 0 Å². The van der Waals surface area contributed by atoms with E-state index in [9.17, 15) is 33.1 Å². The molecule has 0 bridgehead atoms. The van der Waals surface area contributed by atoms with Crippen molar-refractivity contribution in [1.82, 2.24) is 25.6 Å². The van der Waals surface area contributed by atoms with Crippen LogP contribution in [0, 0.1) is 11.6 Å². The van der Waals surface area contributed by atoms with Crippen molar-refractivity contribution < 1.29 is 33.1 Å². The standard InChI is InChI=1S/C20H23F2N5O5/c1-3-23-18(31)10-27-12-26(19(16(29)11-28)20(32)25(27)2)7-6-17(30)24-9-13-4-5-14(21)8-15(13)22/h4-8,11,29H,3,9-10,12H2,1-2H3,(H,23,31)(H,24,30)/b7-6+,19-16+. The van der Waals surface area contributed by atoms with Gasteiger partial charge in [0.2, 0.25) is 11.8 Å². The van der Waals surface area contributed by atoms with Gasteiger partial charge in [0.25, 0.3) is 5.91 Å². The largest absolute Gasteiger partial charge is 0.503 e. The Labute approximate surface area is 182 Å². The van der Waals surface area contributed by atoms with E-state index in [1.807, 2.05) is 0 Å². The Balaban J connectivity index is 2.15. The molecule has 0 atom stereocenters. The van der Waals surface area contributed by atoms with Gasteiger partial charge in [-0.3, -0.25) is 24.2 Å². The zero-order valence-corrected chi connectivity index (χ0v) is 17.5. The summed E-state index contributed by atoms with van der Waals surface area (Å²) in [6, 6.07) is 2.94. The zero-order chi connectivity index (χ0) is 23.8. The van der Waals surface area contributed by atoms with Crippen LogP contribution in [0.3, 0.4) is 0 Å². The Morgan fingerprint density at radius 2 is 1.97 bits per heavy atom. The van der Waals surface area contributed by atoms with Crippen molar-refractivity contribution in [3.63, 3.8) is 0 Å². The molecule has 0 aliphatic carbocycles. The summed E-state index contributed by atoms with van der Waals surface area (Å²) in [4.78, 5) is 48.9. The lowest BCUT2D eigenvalue weighted by atomic mass is 10.2. The van der Waals surface area contributed by atoms with Gasteiger partial charge < -0.3 is 20.6 Å². The van der Waals surface area contributed by atoms with Crippen molar-refractivity contribution in [3.05, 3.63) is 59.1 Å². The molecule has 0 radical (unpaired) electrons. The average Bonchev–Trinajstić information content (AvgIpc) is 2.74. The monoisotopic (exact) mass is 451 g/mol. The van der Waals surface area contributed by atoms with Gasteiger partial charge in [0.05, 0.1) is 13.2 Å². The first-order valence-corrected chi connectivity index (χ1v) is 9.52. The number of nitrogens with zero attached hydrogens (tertiary/aromatic N) is 3. The van der Waals surface area contributed by atoms with E-state index in [0.717, 1.165) is 28.3 Å². The minimum absolute atomic E-state index is 0.0650. The van der Waals surface area contributed by atoms with Crippen LogP contribution in [0.25, 0.3) is 0 Å². The molecule has 1 aliphatic heterocycles. The first kappa shape index (κ1) is 24.5. The Kier molecular flexibility index (Phi) is 8.41. The van der Waals surface area contributed by atoms with Gasteiger partial charge in [-0.1, -0.05) is 6.07 Å². The van der Waals surface area contributed by atoms with Crippen molar-refractivity contribution in [3.8, 4) is 0 Å². The van der Waals surface area contributed by atoms with Crippen LogP contribution >= 0.6 is 0 Å². The predicted molar refractivity (Wildman–Crippen MR) is 108 cm³/mol. The normalized spacial score (nSPS) is 16.3. The third-order valence-corrected chi connectivity index (χ3v) is 4.45. The summed E-state index contributed by atoms with van der Waals surface area (Å²) in [6.07, 6.45) is 2.22. The summed E-state index contributed by atoms with van der Waals surface area (Å²) in [6.45, 7) is 1.58. The van der Waals surface area contributed by atoms with E-state index in [2.05, 4.69) is 10.6 Å². The number of hydrogen-bond acceptors (Lipinski definition) is 7. The Morgan fingerprint density at radius 1 is 1.25 bits per heavy atom. The summed E-state index contributed by atoms with van der Waals surface area (Å²) in [5.41, 5.74) is -0.321. The van der Waals surface area contributed by atoms with Crippen LogP contribution in [0.15, 0.2) is 41.9 Å². The molecule has 32 heavy (non-hydrogen) atoms. The van der Waals surface area contributed by atoms with Crippen LogP contribution in [0.1, 0.15) is 12.5 Å². The lowest BCUT2D eigenvalue weighted by Gasteiger charge is -2.41. The number of carbonyl (C=O) groups is 4. The summed E-state index contributed by atoms with van der Waals surface area (Å²) in [5, 5.41) is 17.3. The number of benzene rings is 1. The molecular weight excluding hydrogens is 428 g/mol. The van der Waals surface area contributed by atoms with Gasteiger partial charge in [-0.2, -0.15) is 5.01 Å². The third kappa shape index (κ3) is 6.11. The van der Waals surface area contributed by atoms with E-state index in [4.69, 9.17) is 0 Å². The van der Waals surface area contributed by atoms with Gasteiger partial charge in [-0.25, -0.2) is 8.78 Å². The highest BCUT2D eigenvalue weighted by molar-refractivity contribution is 5.98. The van der Waals surface area contributed by atoms with Crippen molar-refractivity contribution in [2.45, 2.75) is 13.5 Å². The quantitative estimate of drug-likeness (QED) is 0.292. The molecule has 2 rings (SSSR count). The highest BCUT2D eigenvalue weighted by Gasteiger charge is 2.35. The highest BCUT2D eigenvalue weighted by Crippen LogP contribution is 2.20. The molecule has 12 heteroatoms. The fraction of sp³-hybridized carbons (Fsp3) is 0.300. The maximum atomic E-state index is 13.7. The Hall–Kier alpha value is -3.80. The smallest absolute Gasteiger partial charge is 0.288 e. The number of nitrogens with one attached hydrogen (secondary N) is 2. The number of allylic oxidation sites excluding steroid dienone is 1. The average molecular weight is 451 g/mol. The number of aldehydes is 1. The highest BCUT2D eigenvalue weighted by atomic mass is 19.1. The number of carbonyl (C=O) groups excluding carboxylic acids is 4. The number of aliphatic hydroxyl groups is 1. The van der Waals surface area contributed by atoms with Gasteiger partial charge in [-0.05, 0) is 13.0 Å². The van der Waals surface area contributed by atoms with Crippen LogP contribution in [0.2, 0.25) is 0 Å². The maximum Gasteiger partial charge on any atom is 0.288 e. The van der Waals surface area contributed by atoms with E-state index in [1.54, 1.807) is 6.92 Å². The van der Waals surface area contributed by atoms with E-state index in [-0.39, 0.29) is 43.2 Å². The molecule has 0 aromatic heterocycles. The lowest BCUT2D eigenvalue weighted by molar-refractivity contribution is -0.156. The van der Waals surface area contributed by atoms with Crippen molar-refractivity contribution in [2.24, 2.45) is 0 Å². The van der Waals surface area contributed by atoms with Gasteiger partial charge in [0.15, 0.2) is 17.7 Å². The summed E-state index contributed by atoms with van der Waals surface area (Å²) in [7, 11) is 1.37. The molecule has 1 fully saturated rings. The molecule has 1 aliphatic rings. The lowest BCUT2D eigenvalue weighted by Crippen LogP contribution is -2.58. The second-order valence-electron chi connectivity index (χ2n) is 6.68. The predicted octanol–water partition coefficient (Wildman–Crippen LogP) is 0.148. The number of likely N-dealkylation sites (N-methyl/N-ethyl adjacent to an activating group) is 2. The minimum Gasteiger partial charge on any atom is -0.503 e. The van der Waals surface area contributed by atoms with Crippen LogP contribution in [0.5, 0.6) is 0 Å². The molecule has 10 nitrogen and oxygen atoms in total. The second kappa shape index (κ2) is 11.0. The summed E-state index contributed by atoms with van der Waals surface area (Å²) < 4.78 is 26.6. The second-order valence-corrected chi connectivity index (χ2v) is 6.68. The molecule has 0 spiro atoms. The molecule has 0 unspecified atom stereocenters. The topological polar surface area (TPSA) is 122 Å². The number of amides is 3. The zero-order valence-electron chi connectivity index (χ0n) is 17.5. The van der Waals surface area contributed by atoms with Crippen LogP contribution < -0.4 is 10.6 Å². The summed E-state index contributed by atoms with van der Waals surface area (Å²) in [5.74, 6) is -4.23. The summed E-state index contributed by atoms with van der Waals surface area (Å²) >= 11 is 0. The molecule has 1 aromatic carbocycles. The first-order valence-electron chi connectivity index (χ1n) is 9.52. The van der Waals surface area contributed by atoms with E-state index in [1.165, 1.54) is 18.1 Å². The third-order valence-electron chi connectivity index (χ3n) is 4.45. The molecule has 3 N–H and O–H groups in total. The number of rotatable bonds is 8. The van der Waals surface area contributed by atoms with Gasteiger partial charge >= 0.3 is 0 Å². The van der Waals surface area contributed by atoms with Crippen molar-refractivity contribution >= 4 is 24.0 Å². The van der Waals surface area contributed by atoms with Crippen LogP contribution in [-0.2, 0) is 25.7 Å². The molecule has 172 valence electrons. The fourth-order valence-electron chi connectivity index (χ4n) is 2.82. The number of hydrazine groups is 1. The SMILES string of the molecule is CCNC(=O)CN1CN(/C=C/C(=O)NCc2ccc(F)cc2F)/C(=C(/O)C=O)C(=O)N1C. The van der Waals surface area contributed by atoms with Crippen LogP contribution in [0.4, 0.5) is 8.78 Å². The maximum absolute atomic E-state index is 13.7. The van der Waals surface area contributed by atoms with E-state index < -0.39 is 29.2 Å². The molecule has 0 saturated carbocycles. The Morgan fingerprint density at radius 3 is 2.59 bits per heavy atom. The first-order chi connectivity index (χ1) is 15.2. The Bertz CT molecular complexity index is 966. The fourth-order valence-corrected chi connectivity index (χ4v) is 2.82. The van der Waals surface area contributed by atoms with Gasteiger partial charge in [0, 0.05) is 44.0 Å². The molecule has 3 amide bonds.